The molecule has 0 N–H and O–H groups in total. The molecule has 0 heterocycles. The SMILES string of the molecule is COC(C)/C=C/C1C(C)=CCC(C)C1(C)C. The molecule has 1 nitrogen and oxygen atoms in total. The normalized spacial score (nSPS) is 31.5. The lowest BCUT2D eigenvalue weighted by Gasteiger charge is -2.42. The average molecular weight is 222 g/mol. The number of allylic oxidation sites excluding steroid dienone is 3. The van der Waals surface area contributed by atoms with Crippen LogP contribution in [0.15, 0.2) is 23.8 Å². The van der Waals surface area contributed by atoms with E-state index in [4.69, 9.17) is 4.74 Å². The lowest BCUT2D eigenvalue weighted by atomic mass is 9.63. The van der Waals surface area contributed by atoms with Crippen LogP contribution in [0.3, 0.4) is 0 Å². The van der Waals surface area contributed by atoms with Crippen molar-refractivity contribution in [3.63, 3.8) is 0 Å². The Kier molecular flexibility index (Phi) is 4.37. The van der Waals surface area contributed by atoms with Gasteiger partial charge in [-0.25, -0.2) is 0 Å². The number of ether oxygens (including phenoxy) is 1. The van der Waals surface area contributed by atoms with Crippen LogP contribution in [0.1, 0.15) is 41.0 Å². The molecule has 0 spiro atoms. The van der Waals surface area contributed by atoms with Crippen LogP contribution in [0.2, 0.25) is 0 Å². The Morgan fingerprint density at radius 2 is 2.12 bits per heavy atom. The van der Waals surface area contributed by atoms with E-state index < -0.39 is 0 Å². The molecule has 16 heavy (non-hydrogen) atoms. The molecule has 0 saturated carbocycles. The van der Waals surface area contributed by atoms with Gasteiger partial charge < -0.3 is 4.74 Å². The predicted molar refractivity (Wildman–Crippen MR) is 70.4 cm³/mol. The van der Waals surface area contributed by atoms with Crippen molar-refractivity contribution >= 4 is 0 Å². The Morgan fingerprint density at radius 3 is 2.69 bits per heavy atom. The third kappa shape index (κ3) is 2.76. The van der Waals surface area contributed by atoms with Gasteiger partial charge >= 0.3 is 0 Å². The summed E-state index contributed by atoms with van der Waals surface area (Å²) < 4.78 is 5.27. The fraction of sp³-hybridized carbons (Fsp3) is 0.733. The third-order valence-electron chi connectivity index (χ3n) is 4.30. The van der Waals surface area contributed by atoms with Crippen molar-refractivity contribution in [2.45, 2.75) is 47.1 Å². The van der Waals surface area contributed by atoms with Crippen LogP contribution in [-0.4, -0.2) is 13.2 Å². The van der Waals surface area contributed by atoms with Gasteiger partial charge in [-0.05, 0) is 31.6 Å². The molecule has 1 aliphatic rings. The molecule has 3 unspecified atom stereocenters. The Morgan fingerprint density at radius 1 is 1.50 bits per heavy atom. The largest absolute Gasteiger partial charge is 0.378 e. The van der Waals surface area contributed by atoms with Gasteiger partial charge in [0.15, 0.2) is 0 Å². The minimum Gasteiger partial charge on any atom is -0.378 e. The molecule has 0 bridgehead atoms. The van der Waals surface area contributed by atoms with Crippen molar-refractivity contribution in [3.8, 4) is 0 Å². The third-order valence-corrected chi connectivity index (χ3v) is 4.30. The highest BCUT2D eigenvalue weighted by molar-refractivity contribution is 5.20. The zero-order valence-corrected chi connectivity index (χ0v) is 11.6. The maximum Gasteiger partial charge on any atom is 0.0724 e. The number of hydrogen-bond acceptors (Lipinski definition) is 1. The quantitative estimate of drug-likeness (QED) is 0.650. The zero-order chi connectivity index (χ0) is 12.3. The smallest absolute Gasteiger partial charge is 0.0724 e. The van der Waals surface area contributed by atoms with Gasteiger partial charge in [0.1, 0.15) is 0 Å². The molecule has 0 amide bonds. The van der Waals surface area contributed by atoms with E-state index in [2.05, 4.69) is 52.8 Å². The van der Waals surface area contributed by atoms with Crippen molar-refractivity contribution < 1.29 is 4.74 Å². The summed E-state index contributed by atoms with van der Waals surface area (Å²) in [7, 11) is 1.76. The lowest BCUT2D eigenvalue weighted by Crippen LogP contribution is -2.33. The zero-order valence-electron chi connectivity index (χ0n) is 11.6. The van der Waals surface area contributed by atoms with E-state index in [1.807, 2.05) is 0 Å². The first-order chi connectivity index (χ1) is 7.39. The Hall–Kier alpha value is -0.560. The van der Waals surface area contributed by atoms with E-state index in [9.17, 15) is 0 Å². The van der Waals surface area contributed by atoms with Gasteiger partial charge in [-0.1, -0.05) is 44.6 Å². The van der Waals surface area contributed by atoms with Crippen molar-refractivity contribution in [2.75, 3.05) is 7.11 Å². The summed E-state index contributed by atoms with van der Waals surface area (Å²) in [5.74, 6) is 1.29. The summed E-state index contributed by atoms with van der Waals surface area (Å²) in [4.78, 5) is 0. The van der Waals surface area contributed by atoms with Gasteiger partial charge in [-0.3, -0.25) is 0 Å². The molecule has 3 atom stereocenters. The van der Waals surface area contributed by atoms with Crippen LogP contribution in [-0.2, 0) is 4.74 Å². The van der Waals surface area contributed by atoms with Crippen molar-refractivity contribution in [1.29, 1.82) is 0 Å². The second kappa shape index (κ2) is 5.18. The first kappa shape index (κ1) is 13.5. The summed E-state index contributed by atoms with van der Waals surface area (Å²) in [6, 6.07) is 0. The monoisotopic (exact) mass is 222 g/mol. The van der Waals surface area contributed by atoms with Crippen LogP contribution in [0, 0.1) is 17.3 Å². The first-order valence-electron chi connectivity index (χ1n) is 6.27. The van der Waals surface area contributed by atoms with Crippen molar-refractivity contribution in [2.24, 2.45) is 17.3 Å². The van der Waals surface area contributed by atoms with E-state index in [0.717, 1.165) is 5.92 Å². The van der Waals surface area contributed by atoms with Gasteiger partial charge in [0.2, 0.25) is 0 Å². The summed E-state index contributed by atoms with van der Waals surface area (Å²) in [5, 5.41) is 0. The predicted octanol–water partition coefficient (Wildman–Crippen LogP) is 4.21. The van der Waals surface area contributed by atoms with Gasteiger partial charge in [-0.15, -0.1) is 0 Å². The highest BCUT2D eigenvalue weighted by Gasteiger charge is 2.36. The first-order valence-corrected chi connectivity index (χ1v) is 6.27. The Balaban J connectivity index is 2.87. The molecule has 0 aromatic carbocycles. The molecule has 0 radical (unpaired) electrons. The Bertz CT molecular complexity index is 286. The number of methoxy groups -OCH3 is 1. The molecule has 0 aromatic heterocycles. The van der Waals surface area contributed by atoms with E-state index in [0.29, 0.717) is 11.3 Å². The van der Waals surface area contributed by atoms with Crippen LogP contribution in [0.5, 0.6) is 0 Å². The minimum atomic E-state index is 0.209. The van der Waals surface area contributed by atoms with E-state index in [-0.39, 0.29) is 6.10 Å². The fourth-order valence-corrected chi connectivity index (χ4v) is 2.43. The molecule has 92 valence electrons. The lowest BCUT2D eigenvalue weighted by molar-refractivity contribution is 0.149. The topological polar surface area (TPSA) is 9.23 Å². The molecular formula is C15H26O. The van der Waals surface area contributed by atoms with Gasteiger partial charge in [0, 0.05) is 13.0 Å². The van der Waals surface area contributed by atoms with Crippen LogP contribution in [0.4, 0.5) is 0 Å². The number of rotatable bonds is 3. The second-order valence-electron chi connectivity index (χ2n) is 5.71. The number of hydrogen-bond donors (Lipinski definition) is 0. The van der Waals surface area contributed by atoms with E-state index in [1.54, 1.807) is 7.11 Å². The summed E-state index contributed by atoms with van der Waals surface area (Å²) in [6.45, 7) is 11.4. The van der Waals surface area contributed by atoms with Crippen LogP contribution < -0.4 is 0 Å². The molecule has 1 heteroatoms. The highest BCUT2D eigenvalue weighted by Crippen LogP contribution is 2.45. The molecule has 0 saturated heterocycles. The van der Waals surface area contributed by atoms with E-state index >= 15 is 0 Å². The molecule has 1 aliphatic carbocycles. The fourth-order valence-electron chi connectivity index (χ4n) is 2.43. The minimum absolute atomic E-state index is 0.209. The summed E-state index contributed by atoms with van der Waals surface area (Å²) in [6.07, 6.45) is 8.32. The van der Waals surface area contributed by atoms with Gasteiger partial charge in [-0.2, -0.15) is 0 Å². The maximum absolute atomic E-state index is 5.27. The maximum atomic E-state index is 5.27. The highest BCUT2D eigenvalue weighted by atomic mass is 16.5. The van der Waals surface area contributed by atoms with Crippen molar-refractivity contribution in [3.05, 3.63) is 23.8 Å². The van der Waals surface area contributed by atoms with Crippen LogP contribution in [0.25, 0.3) is 0 Å². The average Bonchev–Trinajstić information content (AvgIpc) is 2.23. The van der Waals surface area contributed by atoms with E-state index in [1.165, 1.54) is 12.0 Å². The molecular weight excluding hydrogens is 196 g/mol. The molecule has 0 fully saturated rings. The van der Waals surface area contributed by atoms with Gasteiger partial charge in [0.05, 0.1) is 6.10 Å². The standard InChI is InChI=1S/C15H26O/c1-11-7-8-12(2)15(4,5)14(11)10-9-13(3)16-6/h7,9-10,12-14H,8H2,1-6H3/b10-9+. The Labute approximate surface area is 101 Å². The van der Waals surface area contributed by atoms with Crippen LogP contribution >= 0.6 is 0 Å². The van der Waals surface area contributed by atoms with Crippen molar-refractivity contribution in [1.82, 2.24) is 0 Å². The summed E-state index contributed by atoms with van der Waals surface area (Å²) >= 11 is 0. The summed E-state index contributed by atoms with van der Waals surface area (Å²) in [5.41, 5.74) is 1.85. The molecule has 1 rings (SSSR count). The molecule has 0 aliphatic heterocycles. The van der Waals surface area contributed by atoms with Gasteiger partial charge in [0.25, 0.3) is 0 Å². The second-order valence-corrected chi connectivity index (χ2v) is 5.71. The molecule has 0 aromatic rings.